The number of urea groups is 1. The van der Waals surface area contributed by atoms with E-state index in [2.05, 4.69) is 5.32 Å². The summed E-state index contributed by atoms with van der Waals surface area (Å²) in [4.78, 5) is 14.3. The zero-order valence-electron chi connectivity index (χ0n) is 14.9. The van der Waals surface area contributed by atoms with Crippen molar-refractivity contribution in [1.29, 1.82) is 0 Å². The molecule has 6 nitrogen and oxygen atoms in total. The third-order valence-electron chi connectivity index (χ3n) is 5.19. The van der Waals surface area contributed by atoms with E-state index in [1.165, 1.54) is 4.31 Å². The smallest absolute Gasteiger partial charge is 0.317 e. The van der Waals surface area contributed by atoms with Crippen LogP contribution in [-0.4, -0.2) is 49.8 Å². The van der Waals surface area contributed by atoms with Gasteiger partial charge in [0.2, 0.25) is 10.0 Å². The maximum atomic E-state index is 12.6. The summed E-state index contributed by atoms with van der Waals surface area (Å²) in [7, 11) is -3.45. The van der Waals surface area contributed by atoms with E-state index in [4.69, 9.17) is 23.2 Å². The Hall–Kier alpha value is -1.80. The van der Waals surface area contributed by atoms with Crippen molar-refractivity contribution in [2.45, 2.75) is 11.4 Å². The topological polar surface area (TPSA) is 69.7 Å². The predicted molar refractivity (Wildman–Crippen MR) is 108 cm³/mol. The first-order chi connectivity index (χ1) is 13.3. The van der Waals surface area contributed by atoms with Crippen LogP contribution in [-0.2, 0) is 16.6 Å². The molecule has 28 heavy (non-hydrogen) atoms. The third-order valence-corrected chi connectivity index (χ3v) is 7.58. The SMILES string of the molecule is O=C(NCc1ccc(Cl)cc1Cl)N1CC2(C1)CN(S(=O)(=O)c1ccccc1)C2. The largest absolute Gasteiger partial charge is 0.334 e. The molecule has 0 saturated carbocycles. The Morgan fingerprint density at radius 2 is 1.71 bits per heavy atom. The summed E-state index contributed by atoms with van der Waals surface area (Å²) >= 11 is 12.0. The van der Waals surface area contributed by atoms with E-state index in [-0.39, 0.29) is 11.4 Å². The molecule has 2 fully saturated rings. The highest BCUT2D eigenvalue weighted by molar-refractivity contribution is 7.89. The maximum Gasteiger partial charge on any atom is 0.317 e. The van der Waals surface area contributed by atoms with Gasteiger partial charge in [0.15, 0.2) is 0 Å². The van der Waals surface area contributed by atoms with Crippen LogP contribution in [0.1, 0.15) is 5.56 Å². The molecule has 0 aliphatic carbocycles. The van der Waals surface area contributed by atoms with Gasteiger partial charge in [0.05, 0.1) is 4.90 Å². The molecule has 4 rings (SSSR count). The van der Waals surface area contributed by atoms with Gasteiger partial charge in [-0.3, -0.25) is 0 Å². The minimum Gasteiger partial charge on any atom is -0.334 e. The van der Waals surface area contributed by atoms with Gasteiger partial charge >= 0.3 is 6.03 Å². The Morgan fingerprint density at radius 3 is 2.36 bits per heavy atom. The second kappa shape index (κ2) is 7.22. The van der Waals surface area contributed by atoms with Crippen molar-refractivity contribution in [3.8, 4) is 0 Å². The number of nitrogens with zero attached hydrogens (tertiary/aromatic N) is 2. The number of carbonyl (C=O) groups excluding carboxylic acids is 1. The van der Waals surface area contributed by atoms with Crippen LogP contribution in [0.15, 0.2) is 53.4 Å². The summed E-state index contributed by atoms with van der Waals surface area (Å²) in [6.45, 7) is 2.29. The highest BCUT2D eigenvalue weighted by Gasteiger charge is 2.56. The Labute approximate surface area is 174 Å². The summed E-state index contributed by atoms with van der Waals surface area (Å²) in [5.41, 5.74) is 0.662. The molecule has 0 unspecified atom stereocenters. The molecule has 2 heterocycles. The van der Waals surface area contributed by atoms with Crippen LogP contribution in [0.3, 0.4) is 0 Å². The first-order valence-corrected chi connectivity index (χ1v) is 11.0. The van der Waals surface area contributed by atoms with Gasteiger partial charge in [-0.2, -0.15) is 4.31 Å². The normalized spacial score (nSPS) is 18.4. The first-order valence-electron chi connectivity index (χ1n) is 8.81. The number of rotatable bonds is 4. The minimum atomic E-state index is -3.45. The summed E-state index contributed by atoms with van der Waals surface area (Å²) in [5.74, 6) is 0. The molecular formula is C19H19Cl2N3O3S. The van der Waals surface area contributed by atoms with E-state index >= 15 is 0 Å². The van der Waals surface area contributed by atoms with E-state index in [0.717, 1.165) is 5.56 Å². The van der Waals surface area contributed by atoms with E-state index in [9.17, 15) is 13.2 Å². The average Bonchev–Trinajstić information content (AvgIpc) is 2.59. The van der Waals surface area contributed by atoms with Crippen LogP contribution in [0.2, 0.25) is 10.0 Å². The lowest BCUT2D eigenvalue weighted by molar-refractivity contribution is -0.0566. The van der Waals surface area contributed by atoms with Crippen molar-refractivity contribution in [2.75, 3.05) is 26.2 Å². The number of hydrogen-bond acceptors (Lipinski definition) is 3. The molecule has 9 heteroatoms. The number of nitrogens with one attached hydrogen (secondary N) is 1. The molecule has 2 saturated heterocycles. The van der Waals surface area contributed by atoms with Gasteiger partial charge in [0.1, 0.15) is 0 Å². The Morgan fingerprint density at radius 1 is 1.04 bits per heavy atom. The zero-order valence-corrected chi connectivity index (χ0v) is 17.3. The predicted octanol–water partition coefficient (Wildman–Crippen LogP) is 3.21. The number of hydrogen-bond donors (Lipinski definition) is 1. The molecule has 0 atom stereocenters. The molecule has 2 aromatic rings. The molecule has 0 aromatic heterocycles. The fourth-order valence-corrected chi connectivity index (χ4v) is 5.83. The summed E-state index contributed by atoms with van der Waals surface area (Å²) in [6.07, 6.45) is 0. The molecular weight excluding hydrogens is 421 g/mol. The monoisotopic (exact) mass is 439 g/mol. The second-order valence-electron chi connectivity index (χ2n) is 7.34. The highest BCUT2D eigenvalue weighted by Crippen LogP contribution is 2.42. The molecule has 2 aliphatic rings. The second-order valence-corrected chi connectivity index (χ2v) is 10.1. The number of likely N-dealkylation sites (tertiary alicyclic amines) is 1. The maximum absolute atomic E-state index is 12.6. The Kier molecular flexibility index (Phi) is 5.03. The molecule has 2 aromatic carbocycles. The van der Waals surface area contributed by atoms with Crippen molar-refractivity contribution in [1.82, 2.24) is 14.5 Å². The van der Waals surface area contributed by atoms with Crippen molar-refractivity contribution in [3.63, 3.8) is 0 Å². The van der Waals surface area contributed by atoms with Crippen LogP contribution in [0, 0.1) is 5.41 Å². The standard InChI is InChI=1S/C19H19Cl2N3O3S/c20-15-7-6-14(17(21)8-15)9-22-18(25)23-10-19(11-23)12-24(13-19)28(26,27)16-4-2-1-3-5-16/h1-8H,9-13H2,(H,22,25). The fourth-order valence-electron chi connectivity index (χ4n) is 3.67. The van der Waals surface area contributed by atoms with E-state index < -0.39 is 10.0 Å². The molecule has 0 bridgehead atoms. The van der Waals surface area contributed by atoms with Crippen LogP contribution >= 0.6 is 23.2 Å². The lowest BCUT2D eigenvalue weighted by Crippen LogP contribution is -2.74. The molecule has 1 N–H and O–H groups in total. The molecule has 2 aliphatic heterocycles. The van der Waals surface area contributed by atoms with Crippen molar-refractivity contribution >= 4 is 39.3 Å². The summed E-state index contributed by atoms with van der Waals surface area (Å²) in [5, 5.41) is 3.90. The van der Waals surface area contributed by atoms with Gasteiger partial charge in [-0.15, -0.1) is 0 Å². The summed E-state index contributed by atoms with van der Waals surface area (Å²) in [6, 6.07) is 13.4. The quantitative estimate of drug-likeness (QED) is 0.794. The van der Waals surface area contributed by atoms with Gasteiger partial charge in [0.25, 0.3) is 0 Å². The highest BCUT2D eigenvalue weighted by atomic mass is 35.5. The van der Waals surface area contributed by atoms with Crippen LogP contribution in [0.25, 0.3) is 0 Å². The van der Waals surface area contributed by atoms with Gasteiger partial charge < -0.3 is 10.2 Å². The zero-order chi connectivity index (χ0) is 19.9. The number of benzene rings is 2. The fraction of sp³-hybridized carbons (Fsp3) is 0.316. The van der Waals surface area contributed by atoms with Crippen molar-refractivity contribution < 1.29 is 13.2 Å². The van der Waals surface area contributed by atoms with Crippen LogP contribution in [0.4, 0.5) is 4.79 Å². The van der Waals surface area contributed by atoms with Gasteiger partial charge in [-0.05, 0) is 29.8 Å². The number of carbonyl (C=O) groups is 1. The van der Waals surface area contributed by atoms with E-state index in [1.807, 2.05) is 0 Å². The molecule has 1 spiro atoms. The first kappa shape index (κ1) is 19.5. The molecule has 148 valence electrons. The molecule has 0 radical (unpaired) electrons. The van der Waals surface area contributed by atoms with E-state index in [1.54, 1.807) is 53.4 Å². The van der Waals surface area contributed by atoms with E-state index in [0.29, 0.717) is 47.7 Å². The minimum absolute atomic E-state index is 0.128. The number of halogens is 2. The van der Waals surface area contributed by atoms with Gasteiger partial charge in [-0.25, -0.2) is 13.2 Å². The molecule has 2 amide bonds. The van der Waals surface area contributed by atoms with Gasteiger partial charge in [0, 0.05) is 48.2 Å². The van der Waals surface area contributed by atoms with Crippen LogP contribution in [0.5, 0.6) is 0 Å². The average molecular weight is 440 g/mol. The lowest BCUT2D eigenvalue weighted by atomic mass is 9.74. The number of sulfonamides is 1. The lowest BCUT2D eigenvalue weighted by Gasteiger charge is -2.59. The number of amides is 2. The third kappa shape index (κ3) is 3.59. The Balaban J connectivity index is 1.28. The summed E-state index contributed by atoms with van der Waals surface area (Å²) < 4.78 is 26.6. The Bertz CT molecular complexity index is 1000. The van der Waals surface area contributed by atoms with Crippen molar-refractivity contribution in [3.05, 3.63) is 64.1 Å². The van der Waals surface area contributed by atoms with Crippen molar-refractivity contribution in [2.24, 2.45) is 5.41 Å². The van der Waals surface area contributed by atoms with Crippen LogP contribution < -0.4 is 5.32 Å². The van der Waals surface area contributed by atoms with Gasteiger partial charge in [-0.1, -0.05) is 47.5 Å².